The highest BCUT2D eigenvalue weighted by Gasteiger charge is 2.35. The molecule has 2 aliphatic heterocycles. The molecule has 4 heterocycles. The molecule has 2 atom stereocenters. The van der Waals surface area contributed by atoms with Gasteiger partial charge in [-0.2, -0.15) is 0 Å². The van der Waals surface area contributed by atoms with E-state index in [4.69, 9.17) is 9.47 Å². The van der Waals surface area contributed by atoms with Crippen molar-refractivity contribution < 1.29 is 14.3 Å². The molecule has 4 aromatic rings. The fourth-order valence-corrected chi connectivity index (χ4v) is 4.47. The lowest BCUT2D eigenvalue weighted by Crippen LogP contribution is -2.20. The molecule has 2 unspecified atom stereocenters. The summed E-state index contributed by atoms with van der Waals surface area (Å²) in [6.07, 6.45) is 4.34. The SMILES string of the molecule is CC1c2cc(Oc3ccnc4c3CCC(=O)N4)ccc2OC1c1ncc(-c2ccccc2)[nH]1. The quantitative estimate of drug-likeness (QED) is 0.446. The van der Waals surface area contributed by atoms with E-state index in [0.29, 0.717) is 24.4 Å². The average molecular weight is 438 g/mol. The summed E-state index contributed by atoms with van der Waals surface area (Å²) in [5.74, 6) is 3.73. The number of imidazole rings is 1. The van der Waals surface area contributed by atoms with E-state index in [0.717, 1.165) is 39.7 Å². The summed E-state index contributed by atoms with van der Waals surface area (Å²) in [5, 5.41) is 2.81. The lowest BCUT2D eigenvalue weighted by Gasteiger charge is -2.19. The van der Waals surface area contributed by atoms with Crippen molar-refractivity contribution in [2.75, 3.05) is 5.32 Å². The molecule has 33 heavy (non-hydrogen) atoms. The lowest BCUT2D eigenvalue weighted by molar-refractivity contribution is -0.116. The van der Waals surface area contributed by atoms with Gasteiger partial charge in [-0.25, -0.2) is 9.97 Å². The van der Waals surface area contributed by atoms with Crippen LogP contribution in [0.25, 0.3) is 11.3 Å². The van der Waals surface area contributed by atoms with Gasteiger partial charge in [-0.15, -0.1) is 0 Å². The predicted octanol–water partition coefficient (Wildman–Crippen LogP) is 5.39. The van der Waals surface area contributed by atoms with E-state index in [1.807, 2.05) is 48.7 Å². The van der Waals surface area contributed by atoms with Gasteiger partial charge < -0.3 is 19.8 Å². The van der Waals surface area contributed by atoms with Crippen molar-refractivity contribution in [2.24, 2.45) is 0 Å². The standard InChI is InChI=1S/C26H22N4O3/c1-15-19-13-17(32-22-11-12-27-25-18(22)8-10-23(31)30-25)7-9-21(19)33-24(15)26-28-14-20(29-26)16-5-3-2-4-6-16/h2-7,9,11-15,24H,8,10H2,1H3,(H,28,29)(H,27,30,31). The maximum absolute atomic E-state index is 11.7. The van der Waals surface area contributed by atoms with Gasteiger partial charge in [0.05, 0.1) is 11.9 Å². The number of benzene rings is 2. The number of H-pyrrole nitrogens is 1. The fourth-order valence-electron chi connectivity index (χ4n) is 4.47. The summed E-state index contributed by atoms with van der Waals surface area (Å²) < 4.78 is 12.5. The van der Waals surface area contributed by atoms with Crippen LogP contribution in [0.4, 0.5) is 5.82 Å². The third-order valence-electron chi connectivity index (χ3n) is 6.23. The number of rotatable bonds is 4. The van der Waals surface area contributed by atoms with Crippen molar-refractivity contribution in [3.8, 4) is 28.5 Å². The normalized spacial score (nSPS) is 18.8. The van der Waals surface area contributed by atoms with Crippen LogP contribution in [0.1, 0.15) is 42.3 Å². The zero-order chi connectivity index (χ0) is 22.4. The Kier molecular flexibility index (Phi) is 4.61. The molecule has 2 aliphatic rings. The van der Waals surface area contributed by atoms with Gasteiger partial charge in [0, 0.05) is 29.7 Å². The van der Waals surface area contributed by atoms with Gasteiger partial charge in [0.15, 0.2) is 6.10 Å². The summed E-state index contributed by atoms with van der Waals surface area (Å²) in [6.45, 7) is 2.13. The number of hydrogen-bond acceptors (Lipinski definition) is 5. The molecule has 2 N–H and O–H groups in total. The fraction of sp³-hybridized carbons (Fsp3) is 0.192. The van der Waals surface area contributed by atoms with E-state index in [9.17, 15) is 4.79 Å². The minimum atomic E-state index is -0.198. The number of amides is 1. The molecule has 7 heteroatoms. The number of carbonyl (C=O) groups excluding carboxylic acids is 1. The Morgan fingerprint density at radius 1 is 1.06 bits per heavy atom. The van der Waals surface area contributed by atoms with Gasteiger partial charge in [-0.3, -0.25) is 4.79 Å². The van der Waals surface area contributed by atoms with Gasteiger partial charge in [-0.05, 0) is 36.2 Å². The molecule has 0 aliphatic carbocycles. The van der Waals surface area contributed by atoms with Crippen LogP contribution < -0.4 is 14.8 Å². The summed E-state index contributed by atoms with van der Waals surface area (Å²) in [6, 6.07) is 17.8. The molecule has 6 rings (SSSR count). The first-order valence-electron chi connectivity index (χ1n) is 11.0. The van der Waals surface area contributed by atoms with Crippen LogP contribution in [-0.2, 0) is 11.2 Å². The highest BCUT2D eigenvalue weighted by Crippen LogP contribution is 2.47. The largest absolute Gasteiger partial charge is 0.482 e. The molecule has 0 saturated carbocycles. The van der Waals surface area contributed by atoms with Crippen molar-refractivity contribution in [2.45, 2.75) is 31.8 Å². The first-order valence-corrected chi connectivity index (χ1v) is 11.0. The Morgan fingerprint density at radius 3 is 2.82 bits per heavy atom. The van der Waals surface area contributed by atoms with Crippen molar-refractivity contribution in [3.05, 3.63) is 83.9 Å². The second kappa shape index (κ2) is 7.78. The number of pyridine rings is 1. The molecule has 0 saturated heterocycles. The van der Waals surface area contributed by atoms with Crippen LogP contribution in [-0.4, -0.2) is 20.9 Å². The van der Waals surface area contributed by atoms with E-state index in [2.05, 4.69) is 39.3 Å². The first-order chi connectivity index (χ1) is 16.2. The summed E-state index contributed by atoms with van der Waals surface area (Å²) in [4.78, 5) is 24.0. The second-order valence-electron chi connectivity index (χ2n) is 8.36. The molecule has 1 amide bonds. The average Bonchev–Trinajstić information content (AvgIpc) is 3.45. The molecule has 0 fully saturated rings. The number of aromatic nitrogens is 3. The summed E-state index contributed by atoms with van der Waals surface area (Å²) in [5.41, 5.74) is 4.05. The van der Waals surface area contributed by atoms with Gasteiger partial charge >= 0.3 is 0 Å². The van der Waals surface area contributed by atoms with Crippen LogP contribution in [0.3, 0.4) is 0 Å². The Hall–Kier alpha value is -4.13. The van der Waals surface area contributed by atoms with E-state index >= 15 is 0 Å². The summed E-state index contributed by atoms with van der Waals surface area (Å²) in [7, 11) is 0. The molecule has 7 nitrogen and oxygen atoms in total. The smallest absolute Gasteiger partial charge is 0.225 e. The van der Waals surface area contributed by atoms with Crippen molar-refractivity contribution in [1.82, 2.24) is 15.0 Å². The third kappa shape index (κ3) is 3.51. The van der Waals surface area contributed by atoms with Gasteiger partial charge in [0.25, 0.3) is 0 Å². The van der Waals surface area contributed by atoms with Gasteiger partial charge in [0.2, 0.25) is 5.91 Å². The van der Waals surface area contributed by atoms with E-state index in [1.54, 1.807) is 6.20 Å². The maximum Gasteiger partial charge on any atom is 0.225 e. The Labute approximate surface area is 190 Å². The van der Waals surface area contributed by atoms with Crippen molar-refractivity contribution in [1.29, 1.82) is 0 Å². The molecular weight excluding hydrogens is 416 g/mol. The minimum Gasteiger partial charge on any atom is -0.482 e. The number of aromatic amines is 1. The number of fused-ring (bicyclic) bond motifs is 2. The Bertz CT molecular complexity index is 1350. The van der Waals surface area contributed by atoms with Crippen LogP contribution in [0, 0.1) is 0 Å². The van der Waals surface area contributed by atoms with E-state index < -0.39 is 0 Å². The summed E-state index contributed by atoms with van der Waals surface area (Å²) >= 11 is 0. The zero-order valence-electron chi connectivity index (χ0n) is 18.0. The topological polar surface area (TPSA) is 89.1 Å². The highest BCUT2D eigenvalue weighted by molar-refractivity contribution is 5.93. The van der Waals surface area contributed by atoms with Crippen LogP contribution in [0.15, 0.2) is 67.0 Å². The molecule has 0 bridgehead atoms. The first kappa shape index (κ1) is 19.5. The number of nitrogens with zero attached hydrogens (tertiary/aromatic N) is 2. The van der Waals surface area contributed by atoms with E-state index in [1.165, 1.54) is 0 Å². The van der Waals surface area contributed by atoms with Crippen LogP contribution >= 0.6 is 0 Å². The number of nitrogens with one attached hydrogen (secondary N) is 2. The monoisotopic (exact) mass is 438 g/mol. The molecular formula is C26H22N4O3. The number of ether oxygens (including phenoxy) is 2. The highest BCUT2D eigenvalue weighted by atomic mass is 16.5. The number of anilines is 1. The maximum atomic E-state index is 11.7. The lowest BCUT2D eigenvalue weighted by atomic mass is 9.97. The molecule has 2 aromatic heterocycles. The Balaban J connectivity index is 1.25. The third-order valence-corrected chi connectivity index (χ3v) is 6.23. The van der Waals surface area contributed by atoms with Crippen LogP contribution in [0.2, 0.25) is 0 Å². The van der Waals surface area contributed by atoms with Crippen molar-refractivity contribution >= 4 is 11.7 Å². The minimum absolute atomic E-state index is 0.0185. The van der Waals surface area contributed by atoms with E-state index in [-0.39, 0.29) is 17.9 Å². The van der Waals surface area contributed by atoms with Crippen molar-refractivity contribution in [3.63, 3.8) is 0 Å². The number of hydrogen-bond donors (Lipinski definition) is 2. The van der Waals surface area contributed by atoms with Gasteiger partial charge in [-0.1, -0.05) is 37.3 Å². The predicted molar refractivity (Wildman–Crippen MR) is 124 cm³/mol. The molecule has 164 valence electrons. The number of carbonyl (C=O) groups is 1. The second-order valence-corrected chi connectivity index (χ2v) is 8.36. The van der Waals surface area contributed by atoms with Crippen LogP contribution in [0.5, 0.6) is 17.2 Å². The zero-order valence-corrected chi connectivity index (χ0v) is 18.0. The molecule has 0 radical (unpaired) electrons. The molecule has 2 aromatic carbocycles. The van der Waals surface area contributed by atoms with Gasteiger partial charge in [0.1, 0.15) is 28.9 Å². The molecule has 0 spiro atoms. The Morgan fingerprint density at radius 2 is 1.94 bits per heavy atom.